The predicted octanol–water partition coefficient (Wildman–Crippen LogP) is 4.59. The molecule has 0 bridgehead atoms. The Morgan fingerprint density at radius 3 is 2.35 bits per heavy atom. The highest BCUT2D eigenvalue weighted by Gasteiger charge is 2.32. The van der Waals surface area contributed by atoms with Crippen LogP contribution in [-0.4, -0.2) is 73.0 Å². The smallest absolute Gasteiger partial charge is 0.257 e. The first kappa shape index (κ1) is 30.2. The highest BCUT2D eigenvalue weighted by Crippen LogP contribution is 2.38. The van der Waals surface area contributed by atoms with Gasteiger partial charge in [-0.3, -0.25) is 14.4 Å². The monoisotopic (exact) mass is 588 g/mol. The summed E-state index contributed by atoms with van der Waals surface area (Å²) in [5, 5.41) is 3.42. The second-order valence-electron chi connectivity index (χ2n) is 10.8. The van der Waals surface area contributed by atoms with Crippen LogP contribution in [-0.2, 0) is 27.8 Å². The first-order valence-corrected chi connectivity index (χ1v) is 16.4. The van der Waals surface area contributed by atoms with Crippen molar-refractivity contribution in [2.24, 2.45) is 5.92 Å². The number of hydrogen-bond acceptors (Lipinski definition) is 6. The van der Waals surface area contributed by atoms with E-state index in [9.17, 15) is 22.8 Å². The van der Waals surface area contributed by atoms with E-state index in [2.05, 4.69) is 12.2 Å². The topological polar surface area (TPSA) is 107 Å². The molecule has 2 aliphatic rings. The quantitative estimate of drug-likeness (QED) is 0.461. The Kier molecular flexibility index (Phi) is 9.68. The maximum absolute atomic E-state index is 13.8. The summed E-state index contributed by atoms with van der Waals surface area (Å²) in [5.74, 6) is -0.227. The van der Waals surface area contributed by atoms with E-state index in [0.29, 0.717) is 67.7 Å². The van der Waals surface area contributed by atoms with Crippen LogP contribution < -0.4 is 5.32 Å². The summed E-state index contributed by atoms with van der Waals surface area (Å²) in [7, 11) is -3.63. The van der Waals surface area contributed by atoms with Crippen molar-refractivity contribution in [3.63, 3.8) is 0 Å². The van der Waals surface area contributed by atoms with Crippen molar-refractivity contribution >= 4 is 44.1 Å². The van der Waals surface area contributed by atoms with Gasteiger partial charge in [0, 0.05) is 50.1 Å². The molecule has 1 atom stereocenters. The number of nitrogens with zero attached hydrogens (tertiary/aromatic N) is 3. The van der Waals surface area contributed by atoms with E-state index in [0.717, 1.165) is 36.1 Å². The normalized spacial score (nSPS) is 17.8. The molecule has 40 heavy (non-hydrogen) atoms. The largest absolute Gasteiger partial charge is 0.339 e. The van der Waals surface area contributed by atoms with Crippen molar-refractivity contribution in [1.82, 2.24) is 14.1 Å². The second kappa shape index (κ2) is 12.8. The Morgan fingerprint density at radius 1 is 1.07 bits per heavy atom. The molecule has 9 nitrogen and oxygen atoms in total. The Labute approximate surface area is 241 Å². The molecule has 1 saturated heterocycles. The maximum Gasteiger partial charge on any atom is 0.257 e. The zero-order valence-corrected chi connectivity index (χ0v) is 25.5. The van der Waals surface area contributed by atoms with Crippen LogP contribution in [0.1, 0.15) is 84.5 Å². The summed E-state index contributed by atoms with van der Waals surface area (Å²) >= 11 is 1.34. The predicted molar refractivity (Wildman–Crippen MR) is 157 cm³/mol. The first-order valence-electron chi connectivity index (χ1n) is 14.2. The van der Waals surface area contributed by atoms with Crippen molar-refractivity contribution in [3.05, 3.63) is 45.8 Å². The highest BCUT2D eigenvalue weighted by molar-refractivity contribution is 7.89. The Morgan fingerprint density at radius 2 is 1.75 bits per heavy atom. The average molecular weight is 589 g/mol. The number of nitrogens with one attached hydrogen (secondary N) is 1. The molecule has 0 radical (unpaired) electrons. The summed E-state index contributed by atoms with van der Waals surface area (Å²) in [4.78, 5) is 43.8. The van der Waals surface area contributed by atoms with Crippen LogP contribution in [0.2, 0.25) is 0 Å². The number of sulfonamides is 1. The molecule has 1 fully saturated rings. The van der Waals surface area contributed by atoms with Gasteiger partial charge in [0.05, 0.1) is 17.0 Å². The molecule has 3 heterocycles. The fraction of sp³-hybridized carbons (Fsp3) is 0.552. The van der Waals surface area contributed by atoms with Crippen molar-refractivity contribution in [1.29, 1.82) is 0 Å². The molecule has 1 aromatic heterocycles. The van der Waals surface area contributed by atoms with Crippen LogP contribution in [0.4, 0.5) is 5.00 Å². The van der Waals surface area contributed by atoms with E-state index < -0.39 is 15.9 Å². The zero-order chi connectivity index (χ0) is 29.0. The molecule has 3 amide bonds. The van der Waals surface area contributed by atoms with Gasteiger partial charge in [0.1, 0.15) is 5.00 Å². The minimum absolute atomic E-state index is 0.0230. The van der Waals surface area contributed by atoms with Gasteiger partial charge in [-0.1, -0.05) is 20.8 Å². The number of piperidine rings is 1. The van der Waals surface area contributed by atoms with E-state index >= 15 is 0 Å². The number of benzene rings is 1. The van der Waals surface area contributed by atoms with Gasteiger partial charge in [-0.25, -0.2) is 8.42 Å². The van der Waals surface area contributed by atoms with Gasteiger partial charge in [0.25, 0.3) is 11.8 Å². The lowest BCUT2D eigenvalue weighted by molar-refractivity contribution is -0.129. The fourth-order valence-corrected chi connectivity index (χ4v) is 8.32. The van der Waals surface area contributed by atoms with Gasteiger partial charge in [0.2, 0.25) is 15.9 Å². The van der Waals surface area contributed by atoms with Crippen molar-refractivity contribution in [2.75, 3.05) is 38.0 Å². The van der Waals surface area contributed by atoms with E-state index in [1.54, 1.807) is 4.90 Å². The SMILES string of the molecule is CCCN(CCC)C(=O)c1c(NC(=O)c2ccc(S(=O)(=O)N3CCCC(C)C3)cc2)sc2c1CCN(C(C)=O)C2. The standard InChI is InChI=1S/C29H40N4O5S2/c1-5-14-31(15-6-2)29(36)26-24-13-17-32(21(4)34)19-25(24)39-28(26)30-27(35)22-9-11-23(12-10-22)40(37,38)33-16-7-8-20(3)18-33/h9-12,20H,5-8,13-19H2,1-4H3,(H,30,35). The summed E-state index contributed by atoms with van der Waals surface area (Å²) in [6.07, 6.45) is 4.05. The van der Waals surface area contributed by atoms with Crippen molar-refractivity contribution in [2.45, 2.75) is 71.2 Å². The van der Waals surface area contributed by atoms with Gasteiger partial charge in [-0.05, 0) is 67.9 Å². The fourth-order valence-electron chi connectivity index (χ4n) is 5.47. The number of anilines is 1. The van der Waals surface area contributed by atoms with Crippen LogP contribution in [0.25, 0.3) is 0 Å². The molecule has 1 aromatic carbocycles. The maximum atomic E-state index is 13.8. The lowest BCUT2D eigenvalue weighted by Gasteiger charge is -2.30. The van der Waals surface area contributed by atoms with Gasteiger partial charge < -0.3 is 15.1 Å². The Bertz CT molecular complexity index is 1350. The minimum Gasteiger partial charge on any atom is -0.339 e. The molecular weight excluding hydrogens is 548 g/mol. The van der Waals surface area contributed by atoms with Gasteiger partial charge in [-0.2, -0.15) is 4.31 Å². The zero-order valence-electron chi connectivity index (χ0n) is 23.9. The molecule has 0 spiro atoms. The molecule has 2 aromatic rings. The van der Waals surface area contributed by atoms with Crippen molar-refractivity contribution < 1.29 is 22.8 Å². The van der Waals surface area contributed by atoms with E-state index in [4.69, 9.17) is 0 Å². The van der Waals surface area contributed by atoms with Crippen LogP contribution >= 0.6 is 11.3 Å². The molecule has 218 valence electrons. The summed E-state index contributed by atoms with van der Waals surface area (Å²) in [5.41, 5.74) is 1.72. The number of hydrogen-bond donors (Lipinski definition) is 1. The van der Waals surface area contributed by atoms with Crippen molar-refractivity contribution in [3.8, 4) is 0 Å². The van der Waals surface area contributed by atoms with E-state index in [1.807, 2.05) is 18.7 Å². The summed E-state index contributed by atoms with van der Waals surface area (Å²) in [6, 6.07) is 5.99. The molecule has 0 aliphatic carbocycles. The van der Waals surface area contributed by atoms with Gasteiger partial charge in [-0.15, -0.1) is 11.3 Å². The number of thiophene rings is 1. The third kappa shape index (κ3) is 6.42. The number of rotatable bonds is 9. The summed E-state index contributed by atoms with van der Waals surface area (Å²) in [6.45, 7) is 10.8. The highest BCUT2D eigenvalue weighted by atomic mass is 32.2. The van der Waals surface area contributed by atoms with Crippen LogP contribution in [0.15, 0.2) is 29.2 Å². The number of amides is 3. The lowest BCUT2D eigenvalue weighted by Crippen LogP contribution is -2.39. The number of carbonyl (C=O) groups is 3. The van der Waals surface area contributed by atoms with Gasteiger partial charge >= 0.3 is 0 Å². The third-order valence-corrected chi connectivity index (χ3v) is 10.6. The second-order valence-corrected chi connectivity index (χ2v) is 13.8. The molecule has 1 unspecified atom stereocenters. The molecule has 11 heteroatoms. The molecule has 1 N–H and O–H groups in total. The first-order chi connectivity index (χ1) is 19.1. The summed E-state index contributed by atoms with van der Waals surface area (Å²) < 4.78 is 27.8. The Hall–Kier alpha value is -2.76. The third-order valence-electron chi connectivity index (χ3n) is 7.59. The molecule has 2 aliphatic heterocycles. The molecule has 4 rings (SSSR count). The Balaban J connectivity index is 1.60. The average Bonchev–Trinajstić information content (AvgIpc) is 3.29. The van der Waals surface area contributed by atoms with Gasteiger partial charge in [0.15, 0.2) is 0 Å². The molecule has 0 saturated carbocycles. The van der Waals surface area contributed by atoms with E-state index in [1.165, 1.54) is 46.8 Å². The van der Waals surface area contributed by atoms with Crippen LogP contribution in [0.3, 0.4) is 0 Å². The number of carbonyl (C=O) groups excluding carboxylic acids is 3. The molecular formula is C29H40N4O5S2. The van der Waals surface area contributed by atoms with Crippen LogP contribution in [0, 0.1) is 5.92 Å². The minimum atomic E-state index is -3.63. The lowest BCUT2D eigenvalue weighted by atomic mass is 10.0. The van der Waals surface area contributed by atoms with E-state index in [-0.39, 0.29) is 16.7 Å². The number of fused-ring (bicyclic) bond motifs is 1. The van der Waals surface area contributed by atoms with Crippen LogP contribution in [0.5, 0.6) is 0 Å².